The van der Waals surface area contributed by atoms with E-state index in [9.17, 15) is 10.2 Å². The minimum atomic E-state index is -1.10. The highest BCUT2D eigenvalue weighted by atomic mass is 127. The van der Waals surface area contributed by atoms with Crippen molar-refractivity contribution in [3.63, 3.8) is 0 Å². The summed E-state index contributed by atoms with van der Waals surface area (Å²) in [5.74, 6) is 0. The monoisotopic (exact) mass is 540 g/mol. The zero-order valence-corrected chi connectivity index (χ0v) is 19.8. The minimum absolute atomic E-state index is 0.318. The Morgan fingerprint density at radius 1 is 0.774 bits per heavy atom. The summed E-state index contributed by atoms with van der Waals surface area (Å²) in [4.78, 5) is 0. The maximum atomic E-state index is 10.5. The second-order valence-corrected chi connectivity index (χ2v) is 9.12. The Morgan fingerprint density at radius 2 is 1.26 bits per heavy atom. The number of halogens is 1. The van der Waals surface area contributed by atoms with Crippen LogP contribution in [0, 0.1) is 0 Å². The quantitative estimate of drug-likeness (QED) is 0.429. The maximum absolute atomic E-state index is 10.5. The van der Waals surface area contributed by atoms with Gasteiger partial charge in [-0.15, -0.1) is 0 Å². The van der Waals surface area contributed by atoms with Gasteiger partial charge in [-0.2, -0.15) is 0 Å². The molecule has 0 amide bonds. The van der Waals surface area contributed by atoms with E-state index >= 15 is 0 Å². The summed E-state index contributed by atoms with van der Waals surface area (Å²) in [7, 11) is 0. The number of hydrogen-bond donors (Lipinski definition) is 2. The van der Waals surface area contributed by atoms with Crippen molar-refractivity contribution >= 4 is 22.6 Å². The molecule has 7 heteroatoms. The first kappa shape index (κ1) is 23.1. The molecule has 168 valence electrons. The summed E-state index contributed by atoms with van der Waals surface area (Å²) in [6.07, 6.45) is -2.27. The lowest BCUT2D eigenvalue weighted by Crippen LogP contribution is -2.60. The minimum Gasteiger partial charge on any atom is -0.394 e. The molecule has 2 aromatic rings. The number of aliphatic hydroxyl groups is 2. The van der Waals surface area contributed by atoms with E-state index in [4.69, 9.17) is 18.9 Å². The summed E-state index contributed by atoms with van der Waals surface area (Å²) < 4.78 is 24.4. The molecule has 0 radical (unpaired) electrons. The van der Waals surface area contributed by atoms with Crippen molar-refractivity contribution in [3.05, 3.63) is 70.8 Å². The lowest BCUT2D eigenvalue weighted by molar-refractivity contribution is -0.376. The van der Waals surface area contributed by atoms with Gasteiger partial charge in [-0.3, -0.25) is 0 Å². The van der Waals surface area contributed by atoms with Crippen LogP contribution in [-0.4, -0.2) is 45.3 Å². The summed E-state index contributed by atoms with van der Waals surface area (Å²) in [6.45, 7) is 3.78. The molecule has 0 spiro atoms. The van der Waals surface area contributed by atoms with Gasteiger partial charge in [-0.25, -0.2) is 0 Å². The third-order valence-corrected chi connectivity index (χ3v) is 6.89. The summed E-state index contributed by atoms with van der Waals surface area (Å²) in [5.41, 5.74) is 4.20. The van der Waals surface area contributed by atoms with E-state index in [1.807, 2.05) is 36.4 Å². The van der Waals surface area contributed by atoms with E-state index in [0.29, 0.717) is 0 Å². The second-order valence-electron chi connectivity index (χ2n) is 7.89. The molecule has 31 heavy (non-hydrogen) atoms. The number of aryl methyl sites for hydroxylation is 2. The zero-order valence-electron chi connectivity index (χ0n) is 17.7. The largest absolute Gasteiger partial charge is 0.394 e. The van der Waals surface area contributed by atoms with Crippen molar-refractivity contribution in [2.24, 2.45) is 0 Å². The first-order valence-corrected chi connectivity index (χ1v) is 12.0. The fourth-order valence-corrected chi connectivity index (χ4v) is 4.79. The van der Waals surface area contributed by atoms with Gasteiger partial charge >= 0.3 is 0 Å². The molecule has 4 rings (SSSR count). The average Bonchev–Trinajstić information content (AvgIpc) is 2.83. The van der Waals surface area contributed by atoms with Crippen molar-refractivity contribution in [2.45, 2.75) is 67.8 Å². The first-order chi connectivity index (χ1) is 15.0. The normalized spacial score (nSPS) is 31.8. The first-order valence-electron chi connectivity index (χ1n) is 10.8. The predicted molar refractivity (Wildman–Crippen MR) is 124 cm³/mol. The molecule has 2 heterocycles. The lowest BCUT2D eigenvalue weighted by atomic mass is 9.99. The van der Waals surface area contributed by atoms with E-state index in [1.54, 1.807) is 0 Å². The van der Waals surface area contributed by atoms with Gasteiger partial charge in [-0.1, -0.05) is 62.4 Å². The van der Waals surface area contributed by atoms with Crippen LogP contribution in [0.2, 0.25) is 0 Å². The number of ether oxygens (including phenoxy) is 4. The van der Waals surface area contributed by atoms with Gasteiger partial charge in [0.2, 0.25) is 0 Å². The Hall–Kier alpha value is -1.07. The molecule has 2 fully saturated rings. The number of hydrogen-bond acceptors (Lipinski definition) is 6. The van der Waals surface area contributed by atoms with Gasteiger partial charge in [0.1, 0.15) is 28.5 Å². The molecule has 2 aromatic carbocycles. The number of alkyl halides is 1. The van der Waals surface area contributed by atoms with Crippen LogP contribution in [0.5, 0.6) is 0 Å². The van der Waals surface area contributed by atoms with E-state index in [-0.39, 0.29) is 4.11 Å². The van der Waals surface area contributed by atoms with Crippen LogP contribution in [0.15, 0.2) is 48.5 Å². The number of fused-ring (bicyclic) bond motifs is 1. The van der Waals surface area contributed by atoms with Crippen LogP contribution < -0.4 is 0 Å². The molecular formula is C24H29IO6. The van der Waals surface area contributed by atoms with Crippen LogP contribution in [0.25, 0.3) is 0 Å². The molecule has 2 N–H and O–H groups in total. The Labute approximate surface area is 196 Å². The lowest BCUT2D eigenvalue weighted by Gasteiger charge is -2.48. The van der Waals surface area contributed by atoms with E-state index in [1.165, 1.54) is 11.1 Å². The van der Waals surface area contributed by atoms with E-state index in [0.717, 1.165) is 24.0 Å². The Bertz CT molecular complexity index is 842. The standard InChI is InChI=1S/C24H29IO6/c1-3-14-5-9-16(10-6-14)23-28-19(18(27)13-26)20-21(30-23)22(25)31-24(29-20)17-11-7-15(4-2)8-12-17/h5-12,18-24,26-27H,3-4,13H2,1-2H3. The van der Waals surface area contributed by atoms with Crippen molar-refractivity contribution in [3.8, 4) is 0 Å². The second kappa shape index (κ2) is 10.2. The Balaban J connectivity index is 1.57. The highest BCUT2D eigenvalue weighted by molar-refractivity contribution is 14.1. The van der Waals surface area contributed by atoms with Crippen LogP contribution >= 0.6 is 22.6 Å². The van der Waals surface area contributed by atoms with Gasteiger partial charge in [0.15, 0.2) is 12.6 Å². The molecule has 0 bridgehead atoms. The number of rotatable bonds is 6. The fraction of sp³-hybridized carbons (Fsp3) is 0.500. The fourth-order valence-electron chi connectivity index (χ4n) is 3.94. The summed E-state index contributed by atoms with van der Waals surface area (Å²) in [5, 5.41) is 20.2. The molecule has 0 saturated carbocycles. The van der Waals surface area contributed by atoms with Crippen LogP contribution in [0.4, 0.5) is 0 Å². The topological polar surface area (TPSA) is 77.4 Å². The number of benzene rings is 2. The van der Waals surface area contributed by atoms with Gasteiger partial charge < -0.3 is 29.2 Å². The van der Waals surface area contributed by atoms with E-state index in [2.05, 4.69) is 48.6 Å². The van der Waals surface area contributed by atoms with Crippen LogP contribution in [0.3, 0.4) is 0 Å². The Morgan fingerprint density at radius 3 is 1.74 bits per heavy atom. The molecule has 2 aliphatic heterocycles. The van der Waals surface area contributed by atoms with Crippen molar-refractivity contribution in [1.82, 2.24) is 0 Å². The molecule has 7 unspecified atom stereocenters. The predicted octanol–water partition coefficient (Wildman–Crippen LogP) is 3.82. The van der Waals surface area contributed by atoms with Crippen molar-refractivity contribution in [1.29, 1.82) is 0 Å². The SMILES string of the molecule is CCc1ccc(C2OC(C(O)CO)C3OC(c4ccc(CC)cc4)OC(I)C3O2)cc1. The molecule has 0 aliphatic carbocycles. The van der Waals surface area contributed by atoms with Gasteiger partial charge in [0, 0.05) is 11.1 Å². The van der Waals surface area contributed by atoms with Crippen molar-refractivity contribution in [2.75, 3.05) is 6.61 Å². The van der Waals surface area contributed by atoms with Crippen LogP contribution in [0.1, 0.15) is 48.7 Å². The van der Waals surface area contributed by atoms with Crippen LogP contribution in [-0.2, 0) is 31.8 Å². The summed E-state index contributed by atoms with van der Waals surface area (Å²) in [6, 6.07) is 16.1. The molecular weight excluding hydrogens is 511 g/mol. The average molecular weight is 540 g/mol. The molecule has 2 aliphatic rings. The smallest absolute Gasteiger partial charge is 0.185 e. The molecule has 6 nitrogen and oxygen atoms in total. The van der Waals surface area contributed by atoms with Crippen molar-refractivity contribution < 1.29 is 29.2 Å². The third kappa shape index (κ3) is 4.98. The maximum Gasteiger partial charge on any atom is 0.185 e. The van der Waals surface area contributed by atoms with Gasteiger partial charge in [-0.05, 0) is 46.6 Å². The third-order valence-electron chi connectivity index (χ3n) is 5.89. The van der Waals surface area contributed by atoms with E-state index < -0.39 is 43.6 Å². The highest BCUT2D eigenvalue weighted by Gasteiger charge is 2.51. The van der Waals surface area contributed by atoms with Gasteiger partial charge in [0.05, 0.1) is 6.61 Å². The highest BCUT2D eigenvalue weighted by Crippen LogP contribution is 2.43. The van der Waals surface area contributed by atoms with Gasteiger partial charge in [0.25, 0.3) is 0 Å². The molecule has 0 aromatic heterocycles. The zero-order chi connectivity index (χ0) is 22.0. The summed E-state index contributed by atoms with van der Waals surface area (Å²) >= 11 is 2.21. The number of aliphatic hydroxyl groups excluding tert-OH is 2. The molecule has 2 saturated heterocycles. The molecule has 7 atom stereocenters. The Kier molecular flexibility index (Phi) is 7.64.